The highest BCUT2D eigenvalue weighted by Gasteiger charge is 2.16. The van der Waals surface area contributed by atoms with E-state index in [1.165, 1.54) is 11.8 Å². The Balaban J connectivity index is 2.60. The first-order chi connectivity index (χ1) is 12.4. The summed E-state index contributed by atoms with van der Waals surface area (Å²) in [5.41, 5.74) is 0.352. The number of carbonyl (C=O) groups is 3. The van der Waals surface area contributed by atoms with Crippen LogP contribution in [0.15, 0.2) is 29.2 Å². The van der Waals surface area contributed by atoms with Gasteiger partial charge in [0.25, 0.3) is 5.91 Å². The molecule has 0 saturated heterocycles. The molecule has 1 rings (SSSR count). The van der Waals surface area contributed by atoms with Crippen molar-refractivity contribution in [1.82, 2.24) is 10.6 Å². The molecule has 2 atom stereocenters. The lowest BCUT2D eigenvalue weighted by atomic mass is 10.2. The maximum atomic E-state index is 12.3. The van der Waals surface area contributed by atoms with E-state index in [-0.39, 0.29) is 36.3 Å². The molecule has 2 amide bonds. The minimum atomic E-state index is -0.574. The molecule has 26 heavy (non-hydrogen) atoms. The van der Waals surface area contributed by atoms with Crippen LogP contribution in [0.3, 0.4) is 0 Å². The Morgan fingerprint density at radius 3 is 2.19 bits per heavy atom. The number of ether oxygens (including phenoxy) is 1. The normalized spacial score (nSPS) is 12.8. The Bertz CT molecular complexity index is 621. The zero-order chi connectivity index (χ0) is 19.5. The van der Waals surface area contributed by atoms with Crippen LogP contribution in [0, 0.1) is 0 Å². The molecule has 0 fully saturated rings. The second kappa shape index (κ2) is 11.6. The fourth-order valence-electron chi connectivity index (χ4n) is 1.95. The monoisotopic (exact) mass is 380 g/mol. The molecular formula is C19H28N2O4S. The average molecular weight is 381 g/mol. The summed E-state index contributed by atoms with van der Waals surface area (Å²) in [5.74, 6) is -0.774. The Labute approximate surface area is 159 Å². The predicted octanol–water partition coefficient (Wildman–Crippen LogP) is 2.76. The highest BCUT2D eigenvalue weighted by molar-refractivity contribution is 8.00. The van der Waals surface area contributed by atoms with Gasteiger partial charge in [0.15, 0.2) is 6.61 Å². The van der Waals surface area contributed by atoms with Gasteiger partial charge >= 0.3 is 5.97 Å². The summed E-state index contributed by atoms with van der Waals surface area (Å²) >= 11 is 1.27. The summed E-state index contributed by atoms with van der Waals surface area (Å²) in [4.78, 5) is 36.6. The van der Waals surface area contributed by atoms with Crippen LogP contribution in [0.2, 0.25) is 0 Å². The first-order valence-electron chi connectivity index (χ1n) is 8.85. The van der Waals surface area contributed by atoms with Crippen LogP contribution in [0.4, 0.5) is 0 Å². The number of hydrogen-bond donors (Lipinski definition) is 2. The fourth-order valence-corrected chi connectivity index (χ4v) is 2.80. The molecule has 0 heterocycles. The zero-order valence-electron chi connectivity index (χ0n) is 15.8. The number of amides is 2. The summed E-state index contributed by atoms with van der Waals surface area (Å²) in [6.07, 6.45) is 1.66. The van der Waals surface area contributed by atoms with E-state index < -0.39 is 5.97 Å². The van der Waals surface area contributed by atoms with Crippen LogP contribution in [0.1, 0.15) is 50.9 Å². The molecule has 7 heteroatoms. The third-order valence-corrected chi connectivity index (χ3v) is 4.91. The summed E-state index contributed by atoms with van der Waals surface area (Å²) in [6.45, 7) is 7.47. The van der Waals surface area contributed by atoms with E-state index in [1.807, 2.05) is 27.7 Å². The maximum Gasteiger partial charge on any atom is 0.339 e. The third-order valence-electron chi connectivity index (χ3n) is 3.84. The zero-order valence-corrected chi connectivity index (χ0v) is 16.7. The van der Waals surface area contributed by atoms with Gasteiger partial charge in [-0.15, -0.1) is 11.8 Å². The molecule has 0 bridgehead atoms. The van der Waals surface area contributed by atoms with Crippen molar-refractivity contribution in [3.8, 4) is 0 Å². The van der Waals surface area contributed by atoms with Gasteiger partial charge in [0, 0.05) is 17.0 Å². The minimum absolute atomic E-state index is 0.0352. The molecular weight excluding hydrogens is 352 g/mol. The Morgan fingerprint density at radius 1 is 1.00 bits per heavy atom. The Kier molecular flexibility index (Phi) is 9.80. The van der Waals surface area contributed by atoms with Crippen LogP contribution in [0.5, 0.6) is 0 Å². The van der Waals surface area contributed by atoms with Gasteiger partial charge in [0.2, 0.25) is 5.91 Å². The molecule has 2 N–H and O–H groups in total. The number of nitrogens with one attached hydrogen (secondary N) is 2. The third kappa shape index (κ3) is 7.91. The molecule has 144 valence electrons. The lowest BCUT2D eigenvalue weighted by molar-refractivity contribution is -0.124. The number of esters is 1. The van der Waals surface area contributed by atoms with Crippen molar-refractivity contribution in [2.24, 2.45) is 0 Å². The van der Waals surface area contributed by atoms with Crippen LogP contribution in [0.25, 0.3) is 0 Å². The van der Waals surface area contributed by atoms with Gasteiger partial charge in [-0.05, 0) is 38.8 Å². The van der Waals surface area contributed by atoms with E-state index in [2.05, 4.69) is 10.6 Å². The minimum Gasteiger partial charge on any atom is -0.452 e. The molecule has 0 radical (unpaired) electrons. The number of benzene rings is 1. The van der Waals surface area contributed by atoms with Crippen molar-refractivity contribution < 1.29 is 19.1 Å². The topological polar surface area (TPSA) is 84.5 Å². The first kappa shape index (κ1) is 22.0. The van der Waals surface area contributed by atoms with Gasteiger partial charge in [-0.2, -0.15) is 0 Å². The Hall–Kier alpha value is -2.02. The van der Waals surface area contributed by atoms with E-state index in [1.54, 1.807) is 24.3 Å². The Morgan fingerprint density at radius 2 is 1.58 bits per heavy atom. The molecule has 1 aromatic carbocycles. The molecule has 0 saturated carbocycles. The quantitative estimate of drug-likeness (QED) is 0.482. The lowest BCUT2D eigenvalue weighted by Gasteiger charge is -2.13. The number of thioether (sulfide) groups is 1. The van der Waals surface area contributed by atoms with Gasteiger partial charge in [0.05, 0.1) is 11.3 Å². The van der Waals surface area contributed by atoms with Gasteiger partial charge < -0.3 is 15.4 Å². The SMILES string of the molecule is CC[C@H](C)NC(=O)COC(=O)c1ccccc1SCC(=O)N[C@@H](C)CC. The number of carbonyl (C=O) groups excluding carboxylic acids is 3. The molecule has 0 aliphatic heterocycles. The second-order valence-electron chi connectivity index (χ2n) is 6.11. The standard InChI is InChI=1S/C19H28N2O4S/c1-5-13(3)20-17(22)11-25-19(24)15-9-7-8-10-16(15)26-12-18(23)21-14(4)6-2/h7-10,13-14H,5-6,11-12H2,1-4H3,(H,20,22)(H,21,23)/t13-,14-/m0/s1. The number of hydrogen-bond acceptors (Lipinski definition) is 5. The molecule has 0 unspecified atom stereocenters. The van der Waals surface area contributed by atoms with Gasteiger partial charge in [-0.3, -0.25) is 9.59 Å². The van der Waals surface area contributed by atoms with E-state index >= 15 is 0 Å². The van der Waals surface area contributed by atoms with Crippen molar-refractivity contribution in [2.75, 3.05) is 12.4 Å². The van der Waals surface area contributed by atoms with Gasteiger partial charge in [-0.1, -0.05) is 26.0 Å². The smallest absolute Gasteiger partial charge is 0.339 e. The van der Waals surface area contributed by atoms with Crippen molar-refractivity contribution in [3.63, 3.8) is 0 Å². The van der Waals surface area contributed by atoms with Crippen molar-refractivity contribution >= 4 is 29.5 Å². The van der Waals surface area contributed by atoms with E-state index in [4.69, 9.17) is 4.74 Å². The van der Waals surface area contributed by atoms with Gasteiger partial charge in [-0.25, -0.2) is 4.79 Å². The largest absolute Gasteiger partial charge is 0.452 e. The molecule has 0 aliphatic carbocycles. The summed E-state index contributed by atoms with van der Waals surface area (Å²) < 4.78 is 5.10. The number of rotatable bonds is 10. The van der Waals surface area contributed by atoms with Crippen LogP contribution in [-0.4, -0.2) is 42.2 Å². The average Bonchev–Trinajstić information content (AvgIpc) is 2.64. The predicted molar refractivity (Wildman–Crippen MR) is 103 cm³/mol. The van der Waals surface area contributed by atoms with Crippen LogP contribution in [-0.2, 0) is 14.3 Å². The molecule has 0 spiro atoms. The van der Waals surface area contributed by atoms with E-state index in [0.717, 1.165) is 12.8 Å². The van der Waals surface area contributed by atoms with Crippen molar-refractivity contribution in [3.05, 3.63) is 29.8 Å². The van der Waals surface area contributed by atoms with E-state index in [0.29, 0.717) is 10.5 Å². The van der Waals surface area contributed by atoms with Gasteiger partial charge in [0.1, 0.15) is 0 Å². The fraction of sp³-hybridized carbons (Fsp3) is 0.526. The summed E-state index contributed by atoms with van der Waals surface area (Å²) in [6, 6.07) is 7.06. The molecule has 0 aromatic heterocycles. The summed E-state index contributed by atoms with van der Waals surface area (Å²) in [5, 5.41) is 5.62. The van der Waals surface area contributed by atoms with E-state index in [9.17, 15) is 14.4 Å². The highest BCUT2D eigenvalue weighted by atomic mass is 32.2. The second-order valence-corrected chi connectivity index (χ2v) is 7.13. The van der Waals surface area contributed by atoms with Crippen molar-refractivity contribution in [1.29, 1.82) is 0 Å². The summed E-state index contributed by atoms with van der Waals surface area (Å²) in [7, 11) is 0. The molecule has 1 aromatic rings. The molecule has 6 nitrogen and oxygen atoms in total. The van der Waals surface area contributed by atoms with Crippen LogP contribution >= 0.6 is 11.8 Å². The first-order valence-corrected chi connectivity index (χ1v) is 9.83. The lowest BCUT2D eigenvalue weighted by Crippen LogP contribution is -2.35. The van der Waals surface area contributed by atoms with Crippen molar-refractivity contribution in [2.45, 2.75) is 57.5 Å². The molecule has 0 aliphatic rings. The van der Waals surface area contributed by atoms with Crippen LogP contribution < -0.4 is 10.6 Å². The maximum absolute atomic E-state index is 12.3. The highest BCUT2D eigenvalue weighted by Crippen LogP contribution is 2.23.